The smallest absolute Gasteiger partial charge is 0.407 e. The van der Waals surface area contributed by atoms with Crippen LogP contribution in [0.4, 0.5) is 4.79 Å². The van der Waals surface area contributed by atoms with Gasteiger partial charge in [0.05, 0.1) is 6.42 Å². The molecule has 1 aliphatic carbocycles. The third kappa shape index (κ3) is 5.99. The molecule has 2 N–H and O–H groups in total. The molecule has 2 aromatic rings. The van der Waals surface area contributed by atoms with E-state index in [1.807, 2.05) is 48.2 Å². The zero-order chi connectivity index (χ0) is 24.9. The predicted molar refractivity (Wildman–Crippen MR) is 137 cm³/mol. The number of rotatable bonds is 8. The number of benzene rings is 2. The van der Waals surface area contributed by atoms with Crippen LogP contribution < -0.4 is 5.32 Å². The van der Waals surface area contributed by atoms with Gasteiger partial charge in [0, 0.05) is 24.3 Å². The van der Waals surface area contributed by atoms with Gasteiger partial charge in [-0.05, 0) is 40.3 Å². The van der Waals surface area contributed by atoms with Crippen LogP contribution in [0, 0.1) is 0 Å². The summed E-state index contributed by atoms with van der Waals surface area (Å²) < 4.78 is 5.55. The van der Waals surface area contributed by atoms with Crippen molar-refractivity contribution >= 4 is 29.7 Å². The predicted octanol–water partition coefficient (Wildman–Crippen LogP) is 4.50. The van der Waals surface area contributed by atoms with Gasteiger partial charge < -0.3 is 20.1 Å². The van der Waals surface area contributed by atoms with Crippen LogP contribution in [0.1, 0.15) is 50.2 Å². The topological polar surface area (TPSA) is 95.9 Å². The zero-order valence-corrected chi connectivity index (χ0v) is 20.9. The Morgan fingerprint density at radius 1 is 1.09 bits per heavy atom. The third-order valence-electron chi connectivity index (χ3n) is 6.47. The minimum absolute atomic E-state index is 0.102. The molecule has 0 saturated carbocycles. The van der Waals surface area contributed by atoms with Crippen LogP contribution >= 0.6 is 11.8 Å². The van der Waals surface area contributed by atoms with Crippen molar-refractivity contribution in [2.24, 2.45) is 0 Å². The number of thioether (sulfide) groups is 1. The highest BCUT2D eigenvalue weighted by molar-refractivity contribution is 8.00. The lowest BCUT2D eigenvalue weighted by atomic mass is 9.98. The molecule has 186 valence electrons. The van der Waals surface area contributed by atoms with E-state index < -0.39 is 24.5 Å². The maximum atomic E-state index is 13.2. The monoisotopic (exact) mass is 496 g/mol. The second-order valence-electron chi connectivity index (χ2n) is 9.35. The number of ether oxygens (including phenoxy) is 1. The number of piperidine rings is 1. The first-order chi connectivity index (χ1) is 16.8. The van der Waals surface area contributed by atoms with Crippen LogP contribution in [0.2, 0.25) is 0 Å². The van der Waals surface area contributed by atoms with Gasteiger partial charge >= 0.3 is 12.1 Å². The molecule has 1 fully saturated rings. The fourth-order valence-corrected chi connectivity index (χ4v) is 6.35. The van der Waals surface area contributed by atoms with Gasteiger partial charge in [0.2, 0.25) is 5.91 Å². The Bertz CT molecular complexity index is 1040. The number of carboxylic acids is 1. The molecular formula is C27H32N2O5S. The van der Waals surface area contributed by atoms with Crippen molar-refractivity contribution in [2.75, 3.05) is 19.7 Å². The van der Waals surface area contributed by atoms with Crippen LogP contribution in [0.3, 0.4) is 0 Å². The van der Waals surface area contributed by atoms with E-state index in [0.29, 0.717) is 23.6 Å². The molecule has 8 heteroatoms. The van der Waals surface area contributed by atoms with Crippen molar-refractivity contribution < 1.29 is 24.2 Å². The van der Waals surface area contributed by atoms with E-state index in [9.17, 15) is 19.5 Å². The molecule has 35 heavy (non-hydrogen) atoms. The molecule has 0 bridgehead atoms. The molecule has 0 spiro atoms. The molecular weight excluding hydrogens is 464 g/mol. The average molecular weight is 497 g/mol. The molecule has 1 heterocycles. The van der Waals surface area contributed by atoms with E-state index in [-0.39, 0.29) is 18.4 Å². The highest BCUT2D eigenvalue weighted by Gasteiger charge is 2.33. The van der Waals surface area contributed by atoms with Gasteiger partial charge in [-0.1, -0.05) is 62.4 Å². The van der Waals surface area contributed by atoms with Gasteiger partial charge in [0.25, 0.3) is 0 Å². The molecule has 2 atom stereocenters. The number of amides is 2. The van der Waals surface area contributed by atoms with Gasteiger partial charge in [-0.15, -0.1) is 0 Å². The van der Waals surface area contributed by atoms with Crippen LogP contribution in [0.5, 0.6) is 0 Å². The number of aliphatic carboxylic acids is 1. The average Bonchev–Trinajstić information content (AvgIpc) is 3.15. The normalized spacial score (nSPS) is 18.0. The molecule has 2 amide bonds. The summed E-state index contributed by atoms with van der Waals surface area (Å²) in [7, 11) is 0. The highest BCUT2D eigenvalue weighted by atomic mass is 32.2. The lowest BCUT2D eigenvalue weighted by Crippen LogP contribution is -2.52. The van der Waals surface area contributed by atoms with Crippen LogP contribution in [-0.4, -0.2) is 64.2 Å². The minimum atomic E-state index is -1.16. The van der Waals surface area contributed by atoms with Crippen LogP contribution in [0.15, 0.2) is 48.5 Å². The first-order valence-electron chi connectivity index (χ1n) is 12.1. The van der Waals surface area contributed by atoms with Gasteiger partial charge in [-0.3, -0.25) is 9.59 Å². The summed E-state index contributed by atoms with van der Waals surface area (Å²) >= 11 is 1.82. The van der Waals surface area contributed by atoms with Crippen LogP contribution in [0.25, 0.3) is 11.1 Å². The van der Waals surface area contributed by atoms with Gasteiger partial charge in [-0.25, -0.2) is 4.79 Å². The Morgan fingerprint density at radius 2 is 1.71 bits per heavy atom. The number of fused-ring (bicyclic) bond motifs is 3. The number of carbonyl (C=O) groups excluding carboxylic acids is 2. The largest absolute Gasteiger partial charge is 0.481 e. The number of hydrogen-bond acceptors (Lipinski definition) is 5. The lowest BCUT2D eigenvalue weighted by molar-refractivity contribution is -0.142. The molecule has 2 aromatic carbocycles. The SMILES string of the molecule is CC(C)SC1CCCN(C(=O)C(CC(=O)O)NC(=O)OCC2c3ccccc3-c3ccccc32)C1. The fraction of sp³-hybridized carbons (Fsp3) is 0.444. The summed E-state index contributed by atoms with van der Waals surface area (Å²) in [6, 6.07) is 14.9. The highest BCUT2D eigenvalue weighted by Crippen LogP contribution is 2.44. The summed E-state index contributed by atoms with van der Waals surface area (Å²) in [5.41, 5.74) is 4.41. The van der Waals surface area contributed by atoms with E-state index in [1.54, 1.807) is 4.90 Å². The number of alkyl carbamates (subject to hydrolysis) is 1. The lowest BCUT2D eigenvalue weighted by Gasteiger charge is -2.35. The molecule has 0 aromatic heterocycles. The van der Waals surface area contributed by atoms with Crippen molar-refractivity contribution in [2.45, 2.75) is 55.6 Å². The van der Waals surface area contributed by atoms with Crippen molar-refractivity contribution in [3.8, 4) is 11.1 Å². The van der Waals surface area contributed by atoms with E-state index in [4.69, 9.17) is 4.74 Å². The minimum Gasteiger partial charge on any atom is -0.481 e. The number of nitrogens with zero attached hydrogens (tertiary/aromatic N) is 1. The second-order valence-corrected chi connectivity index (χ2v) is 11.2. The standard InChI is InChI=1S/C27H32N2O5S/c1-17(2)35-18-8-7-13-29(15-18)26(32)24(14-25(30)31)28-27(33)34-16-23-21-11-5-3-9-19(21)20-10-4-6-12-22(20)23/h3-6,9-12,17-18,23-24H,7-8,13-16H2,1-2H3,(H,28,33)(H,30,31). The zero-order valence-electron chi connectivity index (χ0n) is 20.1. The Labute approximate surface area is 210 Å². The molecule has 7 nitrogen and oxygen atoms in total. The molecule has 0 radical (unpaired) electrons. The number of likely N-dealkylation sites (tertiary alicyclic amines) is 1. The molecule has 4 rings (SSSR count). The number of hydrogen-bond donors (Lipinski definition) is 2. The maximum Gasteiger partial charge on any atom is 0.407 e. The van der Waals surface area contributed by atoms with Gasteiger partial charge in [-0.2, -0.15) is 11.8 Å². The summed E-state index contributed by atoms with van der Waals surface area (Å²) in [6.45, 7) is 5.47. The van der Waals surface area contributed by atoms with Crippen molar-refractivity contribution in [1.29, 1.82) is 0 Å². The van der Waals surface area contributed by atoms with Crippen molar-refractivity contribution in [3.63, 3.8) is 0 Å². The van der Waals surface area contributed by atoms with Crippen molar-refractivity contribution in [1.82, 2.24) is 10.2 Å². The molecule has 2 unspecified atom stereocenters. The van der Waals surface area contributed by atoms with Crippen molar-refractivity contribution in [3.05, 3.63) is 59.7 Å². The Balaban J connectivity index is 1.40. The molecule has 1 saturated heterocycles. The maximum absolute atomic E-state index is 13.2. The first-order valence-corrected chi connectivity index (χ1v) is 13.0. The van der Waals surface area contributed by atoms with E-state index in [1.165, 1.54) is 0 Å². The fourth-order valence-electron chi connectivity index (χ4n) is 5.01. The Kier molecular flexibility index (Phi) is 8.00. The number of carbonyl (C=O) groups is 3. The van der Waals surface area contributed by atoms with E-state index >= 15 is 0 Å². The molecule has 1 aliphatic heterocycles. The van der Waals surface area contributed by atoms with Gasteiger partial charge in [0.15, 0.2) is 0 Å². The summed E-state index contributed by atoms with van der Waals surface area (Å²) in [5, 5.41) is 12.7. The third-order valence-corrected chi connectivity index (χ3v) is 7.78. The summed E-state index contributed by atoms with van der Waals surface area (Å²) in [5.74, 6) is -1.62. The number of carboxylic acid groups (broad SMARTS) is 1. The molecule has 2 aliphatic rings. The first kappa shape index (κ1) is 25.1. The Morgan fingerprint density at radius 3 is 2.31 bits per heavy atom. The Hall–Kier alpha value is -3.00. The van der Waals surface area contributed by atoms with E-state index in [2.05, 4.69) is 31.3 Å². The summed E-state index contributed by atoms with van der Waals surface area (Å²) in [6.07, 6.45) is 0.620. The van der Waals surface area contributed by atoms with Gasteiger partial charge in [0.1, 0.15) is 12.6 Å². The number of nitrogens with one attached hydrogen (secondary N) is 1. The summed E-state index contributed by atoms with van der Waals surface area (Å²) in [4.78, 5) is 39.0. The quantitative estimate of drug-likeness (QED) is 0.559. The second kappa shape index (κ2) is 11.2. The van der Waals surface area contributed by atoms with E-state index in [0.717, 1.165) is 35.1 Å². The van der Waals surface area contributed by atoms with Crippen LogP contribution in [-0.2, 0) is 14.3 Å².